The Kier molecular flexibility index (Phi) is 10.9. The highest BCUT2D eigenvalue weighted by molar-refractivity contribution is 7.92. The highest BCUT2D eigenvalue weighted by atomic mass is 35.5. The second kappa shape index (κ2) is 14.0. The number of benzene rings is 3. The van der Waals surface area contributed by atoms with E-state index in [2.05, 4.69) is 5.32 Å². The highest BCUT2D eigenvalue weighted by Gasteiger charge is 2.34. The zero-order chi connectivity index (χ0) is 30.3. The van der Waals surface area contributed by atoms with Gasteiger partial charge in [0.25, 0.3) is 10.0 Å². The molecule has 0 saturated carbocycles. The molecule has 0 unspecified atom stereocenters. The second-order valence-electron chi connectivity index (χ2n) is 10.1. The zero-order valence-electron chi connectivity index (χ0n) is 24.0. The van der Waals surface area contributed by atoms with E-state index < -0.39 is 34.3 Å². The Morgan fingerprint density at radius 1 is 0.951 bits per heavy atom. The van der Waals surface area contributed by atoms with Crippen LogP contribution in [-0.4, -0.2) is 43.8 Å². The fraction of sp³-hybridized carbons (Fsp3) is 0.355. The number of rotatable bonds is 12. The first-order valence-electron chi connectivity index (χ1n) is 13.6. The summed E-state index contributed by atoms with van der Waals surface area (Å²) in [7, 11) is -4.20. The van der Waals surface area contributed by atoms with Crippen LogP contribution in [0.1, 0.15) is 50.3 Å². The molecule has 2 amide bonds. The van der Waals surface area contributed by atoms with E-state index in [0.29, 0.717) is 34.7 Å². The molecule has 0 radical (unpaired) electrons. The molecule has 0 heterocycles. The van der Waals surface area contributed by atoms with Crippen molar-refractivity contribution in [3.63, 3.8) is 0 Å². The summed E-state index contributed by atoms with van der Waals surface area (Å²) in [6.07, 6.45) is 0.992. The number of anilines is 1. The van der Waals surface area contributed by atoms with Crippen molar-refractivity contribution >= 4 is 39.1 Å². The van der Waals surface area contributed by atoms with Crippen molar-refractivity contribution in [3.8, 4) is 0 Å². The van der Waals surface area contributed by atoms with Gasteiger partial charge in [-0.2, -0.15) is 0 Å². The predicted molar refractivity (Wildman–Crippen MR) is 161 cm³/mol. The number of hydrogen-bond donors (Lipinski definition) is 1. The molecule has 0 aliphatic rings. The lowest BCUT2D eigenvalue weighted by Crippen LogP contribution is -2.53. The molecule has 0 fully saturated rings. The zero-order valence-corrected chi connectivity index (χ0v) is 25.6. The molecule has 0 aliphatic carbocycles. The van der Waals surface area contributed by atoms with Gasteiger partial charge in [0.2, 0.25) is 11.8 Å². The summed E-state index contributed by atoms with van der Waals surface area (Å²) < 4.78 is 42.7. The quantitative estimate of drug-likeness (QED) is 0.275. The van der Waals surface area contributed by atoms with Crippen molar-refractivity contribution in [2.75, 3.05) is 10.8 Å². The summed E-state index contributed by atoms with van der Waals surface area (Å²) in [6.45, 7) is 8.59. The Morgan fingerprint density at radius 2 is 1.59 bits per heavy atom. The van der Waals surface area contributed by atoms with Crippen LogP contribution >= 0.6 is 11.6 Å². The van der Waals surface area contributed by atoms with Gasteiger partial charge in [-0.05, 0) is 87.2 Å². The summed E-state index contributed by atoms with van der Waals surface area (Å²) in [5.41, 5.74) is 2.35. The summed E-state index contributed by atoms with van der Waals surface area (Å²) in [5, 5.41) is 3.36. The first-order valence-corrected chi connectivity index (χ1v) is 15.4. The number of carbonyl (C=O) groups is 2. The maximum Gasteiger partial charge on any atom is 0.264 e. The SMILES string of the molecule is CC[C@H](C(=O)N[C@@H](C)CC)N(Cc1ccc(F)cc1)C(=O)CN(c1ccc(Cl)cc1C)S(=O)(=O)c1ccc(C)cc1. The maximum atomic E-state index is 14.1. The minimum absolute atomic E-state index is 0.0104. The average Bonchev–Trinajstić information content (AvgIpc) is 2.93. The van der Waals surface area contributed by atoms with Crippen LogP contribution in [0.5, 0.6) is 0 Å². The van der Waals surface area contributed by atoms with Crippen LogP contribution in [-0.2, 0) is 26.2 Å². The van der Waals surface area contributed by atoms with Gasteiger partial charge < -0.3 is 10.2 Å². The van der Waals surface area contributed by atoms with Crippen LogP contribution in [0.3, 0.4) is 0 Å². The van der Waals surface area contributed by atoms with Gasteiger partial charge in [-0.25, -0.2) is 12.8 Å². The van der Waals surface area contributed by atoms with Crippen molar-refractivity contribution in [2.24, 2.45) is 0 Å². The van der Waals surface area contributed by atoms with E-state index in [1.54, 1.807) is 56.3 Å². The molecule has 0 bridgehead atoms. The second-order valence-corrected chi connectivity index (χ2v) is 12.4. The number of amides is 2. The number of sulfonamides is 1. The summed E-state index contributed by atoms with van der Waals surface area (Å²) in [4.78, 5) is 28.8. The Hall–Kier alpha value is -3.43. The van der Waals surface area contributed by atoms with E-state index in [9.17, 15) is 22.4 Å². The van der Waals surface area contributed by atoms with E-state index in [1.165, 1.54) is 29.2 Å². The molecule has 2 atom stereocenters. The number of halogens is 2. The van der Waals surface area contributed by atoms with E-state index in [0.717, 1.165) is 9.87 Å². The molecule has 3 rings (SSSR count). The molecule has 3 aromatic rings. The highest BCUT2D eigenvalue weighted by Crippen LogP contribution is 2.29. The van der Waals surface area contributed by atoms with Gasteiger partial charge in [0, 0.05) is 17.6 Å². The van der Waals surface area contributed by atoms with Gasteiger partial charge in [-0.3, -0.25) is 13.9 Å². The minimum atomic E-state index is -4.20. The number of hydrogen-bond acceptors (Lipinski definition) is 4. The lowest BCUT2D eigenvalue weighted by molar-refractivity contribution is -0.140. The molecule has 1 N–H and O–H groups in total. The number of nitrogens with zero attached hydrogens (tertiary/aromatic N) is 2. The lowest BCUT2D eigenvalue weighted by Gasteiger charge is -2.34. The molecule has 10 heteroatoms. The Labute approximate surface area is 247 Å². The van der Waals surface area contributed by atoms with Crippen molar-refractivity contribution in [1.82, 2.24) is 10.2 Å². The lowest BCUT2D eigenvalue weighted by atomic mass is 10.1. The number of carbonyl (C=O) groups excluding carboxylic acids is 2. The van der Waals surface area contributed by atoms with Crippen LogP contribution in [0, 0.1) is 19.7 Å². The van der Waals surface area contributed by atoms with Crippen LogP contribution in [0.25, 0.3) is 0 Å². The van der Waals surface area contributed by atoms with Gasteiger partial charge in [0.15, 0.2) is 0 Å². The molecular formula is C31H37ClFN3O4S. The minimum Gasteiger partial charge on any atom is -0.352 e. The largest absolute Gasteiger partial charge is 0.352 e. The van der Waals surface area contributed by atoms with E-state index in [-0.39, 0.29) is 23.4 Å². The number of nitrogens with one attached hydrogen (secondary N) is 1. The van der Waals surface area contributed by atoms with E-state index in [4.69, 9.17) is 11.6 Å². The molecule has 41 heavy (non-hydrogen) atoms. The molecule has 0 aliphatic heterocycles. The first kappa shape index (κ1) is 32.1. The third-order valence-corrected chi connectivity index (χ3v) is 8.98. The van der Waals surface area contributed by atoms with Gasteiger partial charge in [-0.1, -0.05) is 55.3 Å². The molecule has 0 spiro atoms. The fourth-order valence-corrected chi connectivity index (χ4v) is 6.10. The molecule has 0 aromatic heterocycles. The van der Waals surface area contributed by atoms with Crippen LogP contribution in [0.4, 0.5) is 10.1 Å². The van der Waals surface area contributed by atoms with Crippen LogP contribution < -0.4 is 9.62 Å². The third kappa shape index (κ3) is 8.07. The first-order chi connectivity index (χ1) is 19.4. The number of aryl methyl sites for hydroxylation is 2. The smallest absolute Gasteiger partial charge is 0.264 e. The summed E-state index contributed by atoms with van der Waals surface area (Å²) >= 11 is 6.16. The van der Waals surface area contributed by atoms with E-state index >= 15 is 0 Å². The van der Waals surface area contributed by atoms with Crippen molar-refractivity contribution in [2.45, 2.75) is 71.0 Å². The van der Waals surface area contributed by atoms with Crippen molar-refractivity contribution in [1.29, 1.82) is 0 Å². The molecule has 220 valence electrons. The molecular weight excluding hydrogens is 565 g/mol. The monoisotopic (exact) mass is 601 g/mol. The molecule has 0 saturated heterocycles. The van der Waals surface area contributed by atoms with Gasteiger partial charge in [0.05, 0.1) is 10.6 Å². The summed E-state index contributed by atoms with van der Waals surface area (Å²) in [5.74, 6) is -1.35. The normalized spacial score (nSPS) is 12.9. The Balaban J connectivity index is 2.09. The van der Waals surface area contributed by atoms with Gasteiger partial charge >= 0.3 is 0 Å². The van der Waals surface area contributed by atoms with Crippen molar-refractivity contribution < 1.29 is 22.4 Å². The Bertz CT molecular complexity index is 1460. The van der Waals surface area contributed by atoms with Gasteiger partial charge in [-0.15, -0.1) is 0 Å². The van der Waals surface area contributed by atoms with E-state index in [1.807, 2.05) is 20.8 Å². The topological polar surface area (TPSA) is 86.8 Å². The Morgan fingerprint density at radius 3 is 2.15 bits per heavy atom. The van der Waals surface area contributed by atoms with Crippen molar-refractivity contribution in [3.05, 3.63) is 94.3 Å². The fourth-order valence-electron chi connectivity index (χ4n) is 4.40. The average molecular weight is 602 g/mol. The van der Waals surface area contributed by atoms with Crippen LogP contribution in [0.15, 0.2) is 71.6 Å². The van der Waals surface area contributed by atoms with Crippen LogP contribution in [0.2, 0.25) is 5.02 Å². The molecule has 7 nitrogen and oxygen atoms in total. The predicted octanol–water partition coefficient (Wildman–Crippen LogP) is 6.01. The maximum absolute atomic E-state index is 14.1. The third-order valence-electron chi connectivity index (χ3n) is 6.97. The molecule has 3 aromatic carbocycles. The van der Waals surface area contributed by atoms with Gasteiger partial charge in [0.1, 0.15) is 18.4 Å². The standard InChI is InChI=1S/C31H37ClFN3O4S/c1-6-23(5)34-31(38)28(7-2)35(19-24-10-13-26(33)14-11-24)30(37)20-36(29-17-12-25(32)18-22(29)4)41(39,40)27-15-8-21(3)9-16-27/h8-18,23,28H,6-7,19-20H2,1-5H3,(H,34,38)/t23-,28+/m0/s1. The summed E-state index contributed by atoms with van der Waals surface area (Å²) in [6, 6.07) is 15.8.